The molecule has 176 valence electrons. The minimum absolute atomic E-state index is 0.0707. The smallest absolute Gasteiger partial charge is 0.327 e. The second kappa shape index (κ2) is 9.06. The molecule has 34 heavy (non-hydrogen) atoms. The van der Waals surface area contributed by atoms with Crippen molar-refractivity contribution in [2.24, 2.45) is 0 Å². The van der Waals surface area contributed by atoms with Crippen molar-refractivity contribution < 1.29 is 14.3 Å². The molecule has 2 aliphatic heterocycles. The Hall–Kier alpha value is -3.45. The molecule has 0 N–H and O–H groups in total. The Kier molecular flexibility index (Phi) is 5.96. The largest absolute Gasteiger partial charge is 0.497 e. The van der Waals surface area contributed by atoms with Crippen LogP contribution >= 0.6 is 0 Å². The van der Waals surface area contributed by atoms with Crippen molar-refractivity contribution in [3.05, 3.63) is 71.9 Å². The van der Waals surface area contributed by atoms with E-state index in [2.05, 4.69) is 34.1 Å². The van der Waals surface area contributed by atoms with Crippen LogP contribution < -0.4 is 4.74 Å². The number of hydrogen-bond donors (Lipinski definition) is 0. The Morgan fingerprint density at radius 1 is 0.971 bits per heavy atom. The quantitative estimate of drug-likeness (QED) is 0.521. The Morgan fingerprint density at radius 3 is 2.53 bits per heavy atom. The van der Waals surface area contributed by atoms with Crippen LogP contribution in [0.5, 0.6) is 5.75 Å². The van der Waals surface area contributed by atoms with Crippen molar-refractivity contribution in [2.45, 2.75) is 38.4 Å². The van der Waals surface area contributed by atoms with E-state index in [9.17, 15) is 9.59 Å². The topological polar surface area (TPSA) is 66.0 Å². The Bertz CT molecular complexity index is 1220. The van der Waals surface area contributed by atoms with E-state index < -0.39 is 5.54 Å². The highest BCUT2D eigenvalue weighted by molar-refractivity contribution is 6.07. The van der Waals surface area contributed by atoms with Gasteiger partial charge in [-0.2, -0.15) is 0 Å². The van der Waals surface area contributed by atoms with Gasteiger partial charge in [0, 0.05) is 37.8 Å². The van der Waals surface area contributed by atoms with Gasteiger partial charge in [-0.15, -0.1) is 0 Å². The molecular formula is C27H30N4O3. The van der Waals surface area contributed by atoms with Crippen molar-refractivity contribution in [2.75, 3.05) is 26.7 Å². The molecule has 1 spiro atoms. The van der Waals surface area contributed by atoms with Crippen molar-refractivity contribution in [3.8, 4) is 5.75 Å². The molecule has 2 aliphatic rings. The SMILES string of the molecule is CCN1C(=O)N(Cc2cccc(OC)c2)C(=O)C12CCN(Cc1ccc3ncccc3c1)CC2. The zero-order valence-corrected chi connectivity index (χ0v) is 19.7. The number of pyridine rings is 1. The first-order valence-electron chi connectivity index (χ1n) is 11.9. The van der Waals surface area contributed by atoms with Crippen LogP contribution in [0.4, 0.5) is 4.79 Å². The molecular weight excluding hydrogens is 428 g/mol. The third kappa shape index (κ3) is 3.90. The van der Waals surface area contributed by atoms with Crippen LogP contribution in [0.3, 0.4) is 0 Å². The number of aromatic nitrogens is 1. The predicted molar refractivity (Wildman–Crippen MR) is 130 cm³/mol. The minimum atomic E-state index is -0.742. The first kappa shape index (κ1) is 22.3. The van der Waals surface area contributed by atoms with Crippen molar-refractivity contribution in [1.29, 1.82) is 0 Å². The van der Waals surface area contributed by atoms with E-state index in [1.54, 1.807) is 12.0 Å². The van der Waals surface area contributed by atoms with Crippen LogP contribution in [-0.4, -0.2) is 63.9 Å². The number of fused-ring (bicyclic) bond motifs is 1. The van der Waals surface area contributed by atoms with Gasteiger partial charge in [0.05, 0.1) is 19.2 Å². The van der Waals surface area contributed by atoms with Gasteiger partial charge in [0.2, 0.25) is 0 Å². The lowest BCUT2D eigenvalue weighted by Gasteiger charge is -2.42. The van der Waals surface area contributed by atoms with Gasteiger partial charge in [-0.3, -0.25) is 19.6 Å². The number of carbonyl (C=O) groups is 2. The highest BCUT2D eigenvalue weighted by Crippen LogP contribution is 2.38. The third-order valence-corrected chi connectivity index (χ3v) is 7.17. The average molecular weight is 459 g/mol. The summed E-state index contributed by atoms with van der Waals surface area (Å²) < 4.78 is 5.30. The summed E-state index contributed by atoms with van der Waals surface area (Å²) in [5.41, 5.74) is 2.37. The maximum absolute atomic E-state index is 13.6. The fourth-order valence-corrected chi connectivity index (χ4v) is 5.36. The van der Waals surface area contributed by atoms with Gasteiger partial charge >= 0.3 is 6.03 Å². The van der Waals surface area contributed by atoms with Gasteiger partial charge in [-0.25, -0.2) is 4.79 Å². The lowest BCUT2D eigenvalue weighted by atomic mass is 9.85. The lowest BCUT2D eigenvalue weighted by molar-refractivity contribution is -0.136. The normalized spacial score (nSPS) is 18.3. The number of carbonyl (C=O) groups excluding carboxylic acids is 2. The summed E-state index contributed by atoms with van der Waals surface area (Å²) in [5.74, 6) is 0.648. The standard InChI is InChI=1S/C27H30N4O3/c1-3-31-26(33)30(19-20-6-4-8-23(17-20)34-2)25(32)27(31)11-14-29(15-12-27)18-21-9-10-24-22(16-21)7-5-13-28-24/h4-10,13,16-17H,3,11-12,14-15,18-19H2,1-2H3. The third-order valence-electron chi connectivity index (χ3n) is 7.17. The van der Waals surface area contributed by atoms with Crippen molar-refractivity contribution in [1.82, 2.24) is 19.7 Å². The number of likely N-dealkylation sites (N-methyl/N-ethyl adjacent to an activating group) is 1. The minimum Gasteiger partial charge on any atom is -0.497 e. The number of likely N-dealkylation sites (tertiary alicyclic amines) is 1. The molecule has 3 amide bonds. The van der Waals surface area contributed by atoms with Gasteiger partial charge in [0.25, 0.3) is 5.91 Å². The molecule has 3 heterocycles. The van der Waals surface area contributed by atoms with Crippen molar-refractivity contribution in [3.63, 3.8) is 0 Å². The summed E-state index contributed by atoms with van der Waals surface area (Å²) in [6, 6.07) is 17.8. The van der Waals surface area contributed by atoms with Gasteiger partial charge < -0.3 is 9.64 Å². The predicted octanol–water partition coefficient (Wildman–Crippen LogP) is 4.06. The fourth-order valence-electron chi connectivity index (χ4n) is 5.36. The van der Waals surface area contributed by atoms with Gasteiger partial charge in [-0.1, -0.05) is 24.3 Å². The number of ether oxygens (including phenoxy) is 1. The number of amides is 3. The lowest BCUT2D eigenvalue weighted by Crippen LogP contribution is -2.56. The second-order valence-electron chi connectivity index (χ2n) is 9.11. The van der Waals surface area contributed by atoms with Crippen LogP contribution in [0.15, 0.2) is 60.8 Å². The van der Waals surface area contributed by atoms with Gasteiger partial charge in [0.15, 0.2) is 0 Å². The maximum atomic E-state index is 13.6. The van der Waals surface area contributed by atoms with E-state index >= 15 is 0 Å². The number of piperidine rings is 1. The van der Waals surface area contributed by atoms with E-state index in [0.29, 0.717) is 19.4 Å². The molecule has 1 aromatic heterocycles. The van der Waals surface area contributed by atoms with Gasteiger partial charge in [0.1, 0.15) is 11.3 Å². The highest BCUT2D eigenvalue weighted by atomic mass is 16.5. The Labute approximate surface area is 199 Å². The molecule has 0 unspecified atom stereocenters. The molecule has 7 heteroatoms. The summed E-state index contributed by atoms with van der Waals surface area (Å²) in [6.07, 6.45) is 3.10. The molecule has 0 aliphatic carbocycles. The number of benzene rings is 2. The Morgan fingerprint density at radius 2 is 1.76 bits per heavy atom. The fraction of sp³-hybridized carbons (Fsp3) is 0.370. The molecule has 2 saturated heterocycles. The first-order chi connectivity index (χ1) is 16.5. The van der Waals surface area contributed by atoms with E-state index in [-0.39, 0.29) is 18.5 Å². The molecule has 0 bridgehead atoms. The number of urea groups is 1. The molecule has 2 fully saturated rings. The van der Waals surface area contributed by atoms with E-state index in [0.717, 1.165) is 41.9 Å². The molecule has 0 saturated carbocycles. The first-order valence-corrected chi connectivity index (χ1v) is 11.9. The van der Waals surface area contributed by atoms with Crippen LogP contribution in [0.25, 0.3) is 10.9 Å². The average Bonchev–Trinajstić information content (AvgIpc) is 3.06. The van der Waals surface area contributed by atoms with Crippen LogP contribution in [0.2, 0.25) is 0 Å². The monoisotopic (exact) mass is 458 g/mol. The second-order valence-corrected chi connectivity index (χ2v) is 9.11. The van der Waals surface area contributed by atoms with Crippen LogP contribution in [-0.2, 0) is 17.9 Å². The zero-order chi connectivity index (χ0) is 23.7. The van der Waals surface area contributed by atoms with Crippen LogP contribution in [0.1, 0.15) is 30.9 Å². The molecule has 7 nitrogen and oxygen atoms in total. The molecule has 0 radical (unpaired) electrons. The number of hydrogen-bond acceptors (Lipinski definition) is 5. The summed E-state index contributed by atoms with van der Waals surface area (Å²) in [5, 5.41) is 1.13. The molecule has 3 aromatic rings. The summed E-state index contributed by atoms with van der Waals surface area (Å²) in [4.78, 5) is 36.9. The zero-order valence-electron chi connectivity index (χ0n) is 19.7. The highest BCUT2D eigenvalue weighted by Gasteiger charge is 2.57. The number of nitrogens with zero attached hydrogens (tertiary/aromatic N) is 4. The Balaban J connectivity index is 1.30. The summed E-state index contributed by atoms with van der Waals surface area (Å²) in [6.45, 7) is 5.11. The van der Waals surface area contributed by atoms with E-state index in [4.69, 9.17) is 4.74 Å². The van der Waals surface area contributed by atoms with Crippen LogP contribution in [0, 0.1) is 0 Å². The van der Waals surface area contributed by atoms with E-state index in [1.807, 2.05) is 43.5 Å². The summed E-state index contributed by atoms with van der Waals surface area (Å²) >= 11 is 0. The summed E-state index contributed by atoms with van der Waals surface area (Å²) in [7, 11) is 1.61. The molecule has 2 aromatic carbocycles. The maximum Gasteiger partial charge on any atom is 0.327 e. The van der Waals surface area contributed by atoms with Gasteiger partial charge in [-0.05, 0) is 61.2 Å². The molecule has 5 rings (SSSR count). The number of imide groups is 1. The number of methoxy groups -OCH3 is 1. The number of rotatable bonds is 6. The molecule has 0 atom stereocenters. The van der Waals surface area contributed by atoms with Crippen molar-refractivity contribution >= 4 is 22.8 Å². The van der Waals surface area contributed by atoms with E-state index in [1.165, 1.54) is 10.5 Å².